The first-order valence-electron chi connectivity index (χ1n) is 6.38. The smallest absolute Gasteiger partial charge is 0.401 e. The van der Waals surface area contributed by atoms with Gasteiger partial charge in [-0.2, -0.15) is 0 Å². The second-order valence-electron chi connectivity index (χ2n) is 4.61. The van der Waals surface area contributed by atoms with Crippen molar-refractivity contribution in [2.75, 3.05) is 0 Å². The number of nitrogens with one attached hydrogen (secondary N) is 1. The fraction of sp³-hybridized carbons (Fsp3) is 0.462. The van der Waals surface area contributed by atoms with Crippen LogP contribution in [0.2, 0.25) is 0 Å². The molecule has 1 heterocycles. The molecule has 0 spiro atoms. The first kappa shape index (κ1) is 13.3. The van der Waals surface area contributed by atoms with Crippen LogP contribution in [-0.2, 0) is 4.79 Å². The molecule has 19 heavy (non-hydrogen) atoms. The van der Waals surface area contributed by atoms with Gasteiger partial charge in [-0.05, 0) is 25.0 Å². The molecule has 102 valence electrons. The van der Waals surface area contributed by atoms with Gasteiger partial charge in [-0.3, -0.25) is 14.9 Å². The van der Waals surface area contributed by atoms with Crippen LogP contribution in [0.4, 0.5) is 5.88 Å². The third-order valence-corrected chi connectivity index (χ3v) is 3.14. The van der Waals surface area contributed by atoms with E-state index in [0.717, 1.165) is 25.7 Å². The van der Waals surface area contributed by atoms with Crippen molar-refractivity contribution in [2.45, 2.75) is 38.1 Å². The number of hydrogen-bond donors (Lipinski definition) is 1. The van der Waals surface area contributed by atoms with Crippen LogP contribution in [0, 0.1) is 10.1 Å². The topological polar surface area (TPSA) is 85.4 Å². The second-order valence-corrected chi connectivity index (χ2v) is 4.61. The summed E-state index contributed by atoms with van der Waals surface area (Å²) >= 11 is 0. The average Bonchev–Trinajstić information content (AvgIpc) is 2.86. The zero-order valence-corrected chi connectivity index (χ0v) is 10.5. The van der Waals surface area contributed by atoms with Gasteiger partial charge in [-0.15, -0.1) is 0 Å². The quantitative estimate of drug-likeness (QED) is 0.514. The molecule has 0 atom stereocenters. The molecule has 1 aromatic rings. The monoisotopic (exact) mass is 264 g/mol. The number of amides is 1. The number of hydrogen-bond acceptors (Lipinski definition) is 4. The average molecular weight is 264 g/mol. The van der Waals surface area contributed by atoms with E-state index in [1.54, 1.807) is 0 Å². The van der Waals surface area contributed by atoms with Gasteiger partial charge in [0.2, 0.25) is 5.91 Å². The molecule has 1 aromatic heterocycles. The van der Waals surface area contributed by atoms with E-state index in [9.17, 15) is 14.9 Å². The van der Waals surface area contributed by atoms with Crippen LogP contribution in [0.3, 0.4) is 0 Å². The minimum absolute atomic E-state index is 0.189. The number of carbonyl (C=O) groups is 1. The van der Waals surface area contributed by atoms with Crippen LogP contribution < -0.4 is 5.32 Å². The summed E-state index contributed by atoms with van der Waals surface area (Å²) in [5.41, 5.74) is 0. The van der Waals surface area contributed by atoms with Gasteiger partial charge < -0.3 is 9.73 Å². The molecular weight excluding hydrogens is 248 g/mol. The Morgan fingerprint density at radius 2 is 2.11 bits per heavy atom. The Morgan fingerprint density at radius 3 is 2.74 bits per heavy atom. The summed E-state index contributed by atoms with van der Waals surface area (Å²) in [4.78, 5) is 21.5. The molecule has 6 heteroatoms. The van der Waals surface area contributed by atoms with Gasteiger partial charge in [0.1, 0.15) is 10.7 Å². The first-order valence-corrected chi connectivity index (χ1v) is 6.38. The molecule has 0 unspecified atom stereocenters. The van der Waals surface area contributed by atoms with Crippen LogP contribution in [0.1, 0.15) is 37.9 Å². The van der Waals surface area contributed by atoms with E-state index in [2.05, 4.69) is 5.32 Å². The molecule has 0 radical (unpaired) electrons. The maximum absolute atomic E-state index is 11.7. The highest BCUT2D eigenvalue weighted by atomic mass is 16.6. The van der Waals surface area contributed by atoms with Gasteiger partial charge in [0, 0.05) is 12.1 Å². The van der Waals surface area contributed by atoms with E-state index < -0.39 is 4.92 Å². The van der Waals surface area contributed by atoms with Gasteiger partial charge in [0.15, 0.2) is 0 Å². The van der Waals surface area contributed by atoms with Gasteiger partial charge in [-0.1, -0.05) is 19.3 Å². The molecular formula is C13H16N2O4. The zero-order valence-electron chi connectivity index (χ0n) is 10.5. The van der Waals surface area contributed by atoms with Crippen molar-refractivity contribution in [3.8, 4) is 0 Å². The Labute approximate surface area is 110 Å². The van der Waals surface area contributed by atoms with Crippen LogP contribution >= 0.6 is 0 Å². The van der Waals surface area contributed by atoms with Crippen molar-refractivity contribution in [3.05, 3.63) is 34.1 Å². The lowest BCUT2D eigenvalue weighted by Crippen LogP contribution is -2.34. The van der Waals surface area contributed by atoms with E-state index in [1.807, 2.05) is 0 Å². The number of nitrogens with zero attached hydrogens (tertiary/aromatic N) is 1. The molecule has 0 bridgehead atoms. The van der Waals surface area contributed by atoms with Crippen molar-refractivity contribution >= 4 is 17.9 Å². The summed E-state index contributed by atoms with van der Waals surface area (Å²) in [6.45, 7) is 0. The molecule has 1 aliphatic rings. The van der Waals surface area contributed by atoms with Gasteiger partial charge in [-0.25, -0.2) is 0 Å². The molecule has 1 amide bonds. The second kappa shape index (κ2) is 6.17. The fourth-order valence-electron chi connectivity index (χ4n) is 2.18. The third kappa shape index (κ3) is 3.94. The summed E-state index contributed by atoms with van der Waals surface area (Å²) in [7, 11) is 0. The normalized spacial score (nSPS) is 16.6. The minimum atomic E-state index is -0.612. The van der Waals surface area contributed by atoms with Gasteiger partial charge >= 0.3 is 5.88 Å². The van der Waals surface area contributed by atoms with Crippen LogP contribution in [0.5, 0.6) is 0 Å². The molecule has 0 aromatic carbocycles. The molecule has 1 aliphatic carbocycles. The number of nitro groups is 1. The highest BCUT2D eigenvalue weighted by Gasteiger charge is 2.14. The lowest BCUT2D eigenvalue weighted by atomic mass is 9.95. The molecule has 1 N–H and O–H groups in total. The number of furan rings is 1. The van der Waals surface area contributed by atoms with Crippen LogP contribution in [0.15, 0.2) is 22.6 Å². The molecule has 1 fully saturated rings. The summed E-state index contributed by atoms with van der Waals surface area (Å²) in [5.74, 6) is -0.219. The Kier molecular flexibility index (Phi) is 4.33. The van der Waals surface area contributed by atoms with E-state index in [4.69, 9.17) is 4.42 Å². The highest BCUT2D eigenvalue weighted by molar-refractivity contribution is 5.91. The maximum Gasteiger partial charge on any atom is 0.433 e. The lowest BCUT2D eigenvalue weighted by Gasteiger charge is -2.21. The van der Waals surface area contributed by atoms with E-state index >= 15 is 0 Å². The maximum atomic E-state index is 11.7. The summed E-state index contributed by atoms with van der Waals surface area (Å²) < 4.78 is 4.92. The Balaban J connectivity index is 1.86. The molecule has 0 saturated heterocycles. The fourth-order valence-corrected chi connectivity index (χ4v) is 2.18. The van der Waals surface area contributed by atoms with Crippen LogP contribution in [0.25, 0.3) is 6.08 Å². The lowest BCUT2D eigenvalue weighted by molar-refractivity contribution is -0.402. The zero-order chi connectivity index (χ0) is 13.7. The Hall–Kier alpha value is -2.11. The number of rotatable bonds is 4. The Bertz CT molecular complexity index is 487. The van der Waals surface area contributed by atoms with Crippen molar-refractivity contribution < 1.29 is 14.1 Å². The summed E-state index contributed by atoms with van der Waals surface area (Å²) in [6, 6.07) is 2.97. The standard InChI is InChI=1S/C13H16N2O4/c16-12(14-10-4-2-1-3-5-10)8-6-11-7-9-13(19-11)15(17)18/h6-10H,1-5H2,(H,14,16)/b8-6+. The largest absolute Gasteiger partial charge is 0.433 e. The van der Waals surface area contributed by atoms with Crippen LogP contribution in [-0.4, -0.2) is 16.9 Å². The van der Waals surface area contributed by atoms with E-state index in [1.165, 1.54) is 30.7 Å². The van der Waals surface area contributed by atoms with Crippen molar-refractivity contribution in [3.63, 3.8) is 0 Å². The predicted molar refractivity (Wildman–Crippen MR) is 69.4 cm³/mol. The minimum Gasteiger partial charge on any atom is -0.401 e. The van der Waals surface area contributed by atoms with E-state index in [0.29, 0.717) is 5.76 Å². The number of carbonyl (C=O) groups excluding carboxylic acids is 1. The first-order chi connectivity index (χ1) is 9.15. The highest BCUT2D eigenvalue weighted by Crippen LogP contribution is 2.18. The Morgan fingerprint density at radius 1 is 1.37 bits per heavy atom. The predicted octanol–water partition coefficient (Wildman–Crippen LogP) is 2.65. The molecule has 2 rings (SSSR count). The van der Waals surface area contributed by atoms with E-state index in [-0.39, 0.29) is 17.8 Å². The SMILES string of the molecule is O=C(/C=C/c1ccc([N+](=O)[O-])o1)NC1CCCCC1. The van der Waals surface area contributed by atoms with Gasteiger partial charge in [0.25, 0.3) is 0 Å². The molecule has 6 nitrogen and oxygen atoms in total. The van der Waals surface area contributed by atoms with Crippen molar-refractivity contribution in [1.82, 2.24) is 5.32 Å². The van der Waals surface area contributed by atoms with Crippen molar-refractivity contribution in [1.29, 1.82) is 0 Å². The molecule has 0 aliphatic heterocycles. The molecule has 1 saturated carbocycles. The summed E-state index contributed by atoms with van der Waals surface area (Å²) in [6.07, 6.45) is 8.36. The summed E-state index contributed by atoms with van der Waals surface area (Å²) in [5, 5.41) is 13.3. The van der Waals surface area contributed by atoms with Gasteiger partial charge in [0.05, 0.1) is 6.07 Å². The van der Waals surface area contributed by atoms with Crippen molar-refractivity contribution in [2.24, 2.45) is 0 Å². The third-order valence-electron chi connectivity index (χ3n) is 3.14.